The minimum atomic E-state index is -0.467. The van der Waals surface area contributed by atoms with Crippen LogP contribution in [0.3, 0.4) is 0 Å². The Labute approximate surface area is 178 Å². The van der Waals surface area contributed by atoms with Crippen molar-refractivity contribution in [2.75, 3.05) is 5.32 Å². The topological polar surface area (TPSA) is 59.8 Å². The van der Waals surface area contributed by atoms with E-state index in [1.54, 1.807) is 28.9 Å². The van der Waals surface area contributed by atoms with Crippen LogP contribution in [0, 0.1) is 19.7 Å². The van der Waals surface area contributed by atoms with Crippen LogP contribution in [0.1, 0.15) is 21.7 Å². The normalized spacial score (nSPS) is 10.8. The van der Waals surface area contributed by atoms with Crippen LogP contribution in [0.5, 0.6) is 0 Å². The molecule has 0 aliphatic carbocycles. The molecule has 3 aromatic carbocycles. The highest BCUT2D eigenvalue weighted by Crippen LogP contribution is 2.24. The number of nitrogens with one attached hydrogen (secondary N) is 1. The minimum Gasteiger partial charge on any atom is -0.319 e. The van der Waals surface area contributed by atoms with Crippen molar-refractivity contribution in [1.82, 2.24) is 14.8 Å². The molecular formula is C23H18ClFN4O. The molecule has 1 heterocycles. The van der Waals surface area contributed by atoms with Crippen LogP contribution in [0.2, 0.25) is 5.02 Å². The quantitative estimate of drug-likeness (QED) is 0.467. The number of para-hydroxylation sites is 1. The Bertz CT molecular complexity index is 1230. The largest absolute Gasteiger partial charge is 0.319 e. The fourth-order valence-electron chi connectivity index (χ4n) is 3.02. The van der Waals surface area contributed by atoms with Crippen molar-refractivity contribution in [1.29, 1.82) is 0 Å². The predicted octanol–water partition coefficient (Wildman–Crippen LogP) is 5.60. The highest BCUT2D eigenvalue weighted by atomic mass is 35.5. The van der Waals surface area contributed by atoms with Crippen LogP contribution in [0.15, 0.2) is 66.7 Å². The molecule has 4 rings (SSSR count). The molecule has 7 heteroatoms. The van der Waals surface area contributed by atoms with Crippen LogP contribution in [0.4, 0.5) is 10.1 Å². The number of nitrogens with zero attached hydrogens (tertiary/aromatic N) is 3. The molecule has 0 aliphatic heterocycles. The van der Waals surface area contributed by atoms with E-state index in [2.05, 4.69) is 15.4 Å². The molecule has 0 fully saturated rings. The number of hydrogen-bond acceptors (Lipinski definition) is 3. The molecule has 1 amide bonds. The number of rotatable bonds is 4. The fraction of sp³-hybridized carbons (Fsp3) is 0.0870. The first-order valence-corrected chi connectivity index (χ1v) is 9.66. The van der Waals surface area contributed by atoms with Crippen LogP contribution >= 0.6 is 11.6 Å². The molecule has 0 atom stereocenters. The summed E-state index contributed by atoms with van der Waals surface area (Å²) < 4.78 is 15.0. The molecule has 1 aromatic heterocycles. The van der Waals surface area contributed by atoms with Crippen LogP contribution in [-0.4, -0.2) is 20.7 Å². The first kappa shape index (κ1) is 19.8. The Kier molecular flexibility index (Phi) is 5.33. The van der Waals surface area contributed by atoms with Gasteiger partial charge in [0.1, 0.15) is 5.82 Å². The van der Waals surface area contributed by atoms with Crippen LogP contribution < -0.4 is 5.32 Å². The van der Waals surface area contributed by atoms with E-state index in [9.17, 15) is 9.18 Å². The molecule has 150 valence electrons. The average Bonchev–Trinajstić information content (AvgIpc) is 3.17. The molecule has 4 aromatic rings. The summed E-state index contributed by atoms with van der Waals surface area (Å²) in [5.41, 5.74) is 3.84. The molecular weight excluding hydrogens is 403 g/mol. The minimum absolute atomic E-state index is 0.00530. The summed E-state index contributed by atoms with van der Waals surface area (Å²) in [5.74, 6) is -0.383. The van der Waals surface area contributed by atoms with Gasteiger partial charge in [-0.2, -0.15) is 0 Å². The summed E-state index contributed by atoms with van der Waals surface area (Å²) in [5, 5.41) is 7.77. The van der Waals surface area contributed by atoms with E-state index >= 15 is 0 Å². The maximum Gasteiger partial charge on any atom is 0.295 e. The fourth-order valence-corrected chi connectivity index (χ4v) is 3.20. The van der Waals surface area contributed by atoms with E-state index in [4.69, 9.17) is 11.6 Å². The summed E-state index contributed by atoms with van der Waals surface area (Å²) in [6.07, 6.45) is 0. The number of halogens is 2. The molecule has 1 N–H and O–H groups in total. The smallest absolute Gasteiger partial charge is 0.295 e. The van der Waals surface area contributed by atoms with Gasteiger partial charge in [0.05, 0.1) is 5.69 Å². The molecule has 0 spiro atoms. The number of hydrogen-bond donors (Lipinski definition) is 1. The van der Waals surface area contributed by atoms with Gasteiger partial charge in [-0.25, -0.2) is 14.1 Å². The van der Waals surface area contributed by atoms with Gasteiger partial charge in [-0.15, -0.1) is 5.10 Å². The first-order chi connectivity index (χ1) is 14.4. The summed E-state index contributed by atoms with van der Waals surface area (Å²) >= 11 is 6.15. The first-order valence-electron chi connectivity index (χ1n) is 9.29. The molecule has 0 saturated carbocycles. The Morgan fingerprint density at radius 2 is 1.73 bits per heavy atom. The monoisotopic (exact) mass is 420 g/mol. The molecule has 0 bridgehead atoms. The van der Waals surface area contributed by atoms with Crippen molar-refractivity contribution in [2.45, 2.75) is 13.8 Å². The van der Waals surface area contributed by atoms with Gasteiger partial charge >= 0.3 is 0 Å². The molecule has 5 nitrogen and oxygen atoms in total. The van der Waals surface area contributed by atoms with Gasteiger partial charge in [-0.3, -0.25) is 4.79 Å². The molecule has 0 aliphatic rings. The van der Waals surface area contributed by atoms with Crippen molar-refractivity contribution in [2.24, 2.45) is 0 Å². The van der Waals surface area contributed by atoms with Gasteiger partial charge in [-0.1, -0.05) is 35.9 Å². The predicted molar refractivity (Wildman–Crippen MR) is 116 cm³/mol. The van der Waals surface area contributed by atoms with Crippen LogP contribution in [0.25, 0.3) is 17.1 Å². The zero-order valence-electron chi connectivity index (χ0n) is 16.4. The van der Waals surface area contributed by atoms with Crippen molar-refractivity contribution in [3.05, 3.63) is 94.5 Å². The number of anilines is 1. The van der Waals surface area contributed by atoms with Gasteiger partial charge in [-0.05, 0) is 67.4 Å². The number of aromatic nitrogens is 3. The second-order valence-electron chi connectivity index (χ2n) is 6.88. The van der Waals surface area contributed by atoms with Crippen molar-refractivity contribution in [3.8, 4) is 17.1 Å². The number of amides is 1. The Hall–Kier alpha value is -3.51. The lowest BCUT2D eigenvalue weighted by atomic mass is 10.1. The molecule has 0 saturated heterocycles. The van der Waals surface area contributed by atoms with E-state index in [0.717, 1.165) is 16.8 Å². The summed E-state index contributed by atoms with van der Waals surface area (Å²) in [7, 11) is 0. The van der Waals surface area contributed by atoms with Crippen molar-refractivity contribution < 1.29 is 9.18 Å². The lowest BCUT2D eigenvalue weighted by molar-refractivity contribution is 0.101. The average molecular weight is 421 g/mol. The van der Waals surface area contributed by atoms with Gasteiger partial charge in [0.15, 0.2) is 5.82 Å². The number of benzene rings is 3. The standard InChI is InChI=1S/C23H18ClFN4O/c1-14-7-12-18(13-19(14)24)26-23(30)21-27-22(16-8-10-17(25)11-9-16)29(28-21)20-6-4-3-5-15(20)2/h3-13H,1-2H3,(H,26,30). The zero-order valence-corrected chi connectivity index (χ0v) is 17.1. The van der Waals surface area contributed by atoms with Gasteiger partial charge in [0.25, 0.3) is 5.91 Å². The number of carbonyl (C=O) groups is 1. The maximum absolute atomic E-state index is 13.4. The molecule has 0 radical (unpaired) electrons. The highest BCUT2D eigenvalue weighted by molar-refractivity contribution is 6.31. The maximum atomic E-state index is 13.4. The van der Waals surface area contributed by atoms with Gasteiger partial charge < -0.3 is 5.32 Å². The Morgan fingerprint density at radius 1 is 1.00 bits per heavy atom. The number of carbonyl (C=O) groups excluding carboxylic acids is 1. The number of aryl methyl sites for hydroxylation is 2. The van der Waals surface area contributed by atoms with Gasteiger partial charge in [0, 0.05) is 16.3 Å². The van der Waals surface area contributed by atoms with Crippen LogP contribution in [-0.2, 0) is 0 Å². The van der Waals surface area contributed by atoms with E-state index < -0.39 is 5.91 Å². The highest BCUT2D eigenvalue weighted by Gasteiger charge is 2.20. The third kappa shape index (κ3) is 3.95. The lowest BCUT2D eigenvalue weighted by Crippen LogP contribution is -2.14. The second-order valence-corrected chi connectivity index (χ2v) is 7.29. The second kappa shape index (κ2) is 8.08. The summed E-state index contributed by atoms with van der Waals surface area (Å²) in [4.78, 5) is 17.3. The van der Waals surface area contributed by atoms with E-state index in [-0.39, 0.29) is 11.6 Å². The van der Waals surface area contributed by atoms with E-state index in [0.29, 0.717) is 22.1 Å². The molecule has 0 unspecified atom stereocenters. The van der Waals surface area contributed by atoms with E-state index in [1.807, 2.05) is 44.2 Å². The SMILES string of the molecule is Cc1ccc(NC(=O)c2nc(-c3ccc(F)cc3)n(-c3ccccc3C)n2)cc1Cl. The Morgan fingerprint density at radius 3 is 2.43 bits per heavy atom. The van der Waals surface area contributed by atoms with Crippen molar-refractivity contribution >= 4 is 23.2 Å². The van der Waals surface area contributed by atoms with Crippen molar-refractivity contribution in [3.63, 3.8) is 0 Å². The van der Waals surface area contributed by atoms with E-state index in [1.165, 1.54) is 12.1 Å². The molecule has 30 heavy (non-hydrogen) atoms. The lowest BCUT2D eigenvalue weighted by Gasteiger charge is -2.08. The Balaban J connectivity index is 1.76. The summed E-state index contributed by atoms with van der Waals surface area (Å²) in [6.45, 7) is 3.83. The van der Waals surface area contributed by atoms with Gasteiger partial charge in [0.2, 0.25) is 5.82 Å². The third-order valence-electron chi connectivity index (χ3n) is 4.69. The zero-order chi connectivity index (χ0) is 21.3. The summed E-state index contributed by atoms with van der Waals surface area (Å²) in [6, 6.07) is 18.8. The third-order valence-corrected chi connectivity index (χ3v) is 5.09.